The number of carboxylic acids is 1. The fourth-order valence-electron chi connectivity index (χ4n) is 6.45. The molecule has 2 aliphatic rings. The molecule has 52 heavy (non-hydrogen) atoms. The number of anilines is 1. The minimum Gasteiger partial charge on any atom is -0.480 e. The van der Waals surface area contributed by atoms with E-state index in [1.807, 2.05) is 36.1 Å². The molecule has 2 fully saturated rings. The van der Waals surface area contributed by atoms with Crippen LogP contribution < -0.4 is 10.2 Å². The largest absolute Gasteiger partial charge is 0.480 e. The van der Waals surface area contributed by atoms with Gasteiger partial charge < -0.3 is 25.3 Å². The van der Waals surface area contributed by atoms with E-state index in [9.17, 15) is 34.2 Å². The van der Waals surface area contributed by atoms with Crippen LogP contribution in [-0.4, -0.2) is 149 Å². The molecule has 2 heterocycles. The van der Waals surface area contributed by atoms with Crippen molar-refractivity contribution in [3.8, 4) is 0 Å². The van der Waals surface area contributed by atoms with Gasteiger partial charge in [-0.2, -0.15) is 0 Å². The third-order valence-electron chi connectivity index (χ3n) is 9.33. The average molecular weight is 805 g/mol. The van der Waals surface area contributed by atoms with Crippen molar-refractivity contribution in [3.63, 3.8) is 0 Å². The number of amides is 5. The molecule has 2 saturated heterocycles. The Bertz CT molecular complexity index is 1580. The zero-order valence-electron chi connectivity index (χ0n) is 29.6. The first-order valence-electron chi connectivity index (χ1n) is 17.2. The van der Waals surface area contributed by atoms with Gasteiger partial charge in [-0.25, -0.2) is 14.5 Å². The van der Waals surface area contributed by atoms with Crippen LogP contribution in [0.3, 0.4) is 0 Å². The molecule has 0 saturated carbocycles. The van der Waals surface area contributed by atoms with Gasteiger partial charge in [-0.05, 0) is 68.1 Å². The van der Waals surface area contributed by atoms with Crippen LogP contribution in [0.4, 0.5) is 15.3 Å². The maximum absolute atomic E-state index is 14.0. The van der Waals surface area contributed by atoms with Gasteiger partial charge in [0.1, 0.15) is 5.54 Å². The molecule has 16 heteroatoms. The number of aryl methyl sites for hydroxylation is 1. The van der Waals surface area contributed by atoms with Crippen molar-refractivity contribution < 1.29 is 34.2 Å². The predicted molar refractivity (Wildman–Crippen MR) is 200 cm³/mol. The minimum atomic E-state index is -1.15. The van der Waals surface area contributed by atoms with Crippen LogP contribution in [0, 0.1) is 14.0 Å². The quantitative estimate of drug-likeness (QED) is 0.214. The first-order valence-corrected chi connectivity index (χ1v) is 18.4. The van der Waals surface area contributed by atoms with Crippen LogP contribution in [0.1, 0.15) is 30.9 Å². The Balaban J connectivity index is 1.35. The zero-order chi connectivity index (χ0) is 38.0. The van der Waals surface area contributed by atoms with Gasteiger partial charge in [-0.3, -0.25) is 29.1 Å². The number of nitrogens with one attached hydrogen (secondary N) is 1. The summed E-state index contributed by atoms with van der Waals surface area (Å²) in [6, 6.07) is 12.4. The van der Waals surface area contributed by atoms with E-state index in [0.717, 1.165) is 15.6 Å². The Hall–Kier alpha value is -3.76. The van der Waals surface area contributed by atoms with Crippen LogP contribution in [0.15, 0.2) is 46.9 Å². The third-order valence-corrected chi connectivity index (χ3v) is 10.1. The molecule has 0 aliphatic carbocycles. The van der Waals surface area contributed by atoms with Gasteiger partial charge in [0, 0.05) is 88.4 Å². The van der Waals surface area contributed by atoms with Crippen molar-refractivity contribution in [1.29, 1.82) is 0 Å². The number of rotatable bonds is 12. The molecular formula is C36H47BrClN7O7. The Labute approximate surface area is 318 Å². The molecule has 1 atom stereocenters. The first kappa shape index (κ1) is 41.0. The Morgan fingerprint density at radius 1 is 0.904 bits per heavy atom. The molecule has 3 N–H and O–H groups in total. The SMILES string of the molecule is [CH]N1CCN(CC(=O)O)CCN(C(=O)O)CCN(CC(=O)NCCCCN2C(=O)N(c3cc(C)cc(Cl)c3)C(=O)[C@]2(C)Cc2ccc(Br)cc2)CC1. The maximum Gasteiger partial charge on any atom is 0.407 e. The van der Waals surface area contributed by atoms with E-state index in [-0.39, 0.29) is 57.6 Å². The van der Waals surface area contributed by atoms with Crippen LogP contribution in [-0.2, 0) is 20.8 Å². The highest BCUT2D eigenvalue weighted by molar-refractivity contribution is 9.10. The molecule has 4 rings (SSSR count). The van der Waals surface area contributed by atoms with Crippen molar-refractivity contribution in [1.82, 2.24) is 29.8 Å². The molecule has 0 spiro atoms. The Morgan fingerprint density at radius 3 is 2.12 bits per heavy atom. The number of halogens is 2. The van der Waals surface area contributed by atoms with Crippen molar-refractivity contribution >= 4 is 63.1 Å². The number of aliphatic carboxylic acids is 1. The topological polar surface area (TPSA) is 157 Å². The Kier molecular flexibility index (Phi) is 14.8. The fourth-order valence-corrected chi connectivity index (χ4v) is 7.00. The average Bonchev–Trinajstić information content (AvgIpc) is 3.24. The standard InChI is InChI=1S/C36H47BrClN7O7/c1-26-20-29(38)22-30(21-26)45-33(49)36(2,23-27-6-8-28(37)9-7-27)44(34(45)50)11-5-4-10-39-31(46)24-41-14-12-40(3)13-15-42(25-32(47)48)17-19-43(18-16-41)35(51)52/h3,6-9,20-22H,4-5,10-19,23-25H2,1-2H3,(H,39,46)(H,47,48)(H,51,52)/t36-/m0/s1. The second-order valence-corrected chi connectivity index (χ2v) is 14.8. The second kappa shape index (κ2) is 18.8. The molecule has 5 amide bonds. The van der Waals surface area contributed by atoms with Gasteiger partial charge in [0.2, 0.25) is 5.91 Å². The molecule has 0 unspecified atom stereocenters. The lowest BCUT2D eigenvalue weighted by molar-refractivity contribution is -0.138. The van der Waals surface area contributed by atoms with Crippen LogP contribution >= 0.6 is 27.5 Å². The van der Waals surface area contributed by atoms with E-state index in [1.54, 1.807) is 39.8 Å². The summed E-state index contributed by atoms with van der Waals surface area (Å²) in [6.07, 6.45) is 0.266. The van der Waals surface area contributed by atoms with E-state index in [0.29, 0.717) is 62.7 Å². The third kappa shape index (κ3) is 11.4. The highest BCUT2D eigenvalue weighted by Gasteiger charge is 2.54. The van der Waals surface area contributed by atoms with E-state index in [4.69, 9.17) is 18.6 Å². The summed E-state index contributed by atoms with van der Waals surface area (Å²) in [5.41, 5.74) is 0.992. The second-order valence-electron chi connectivity index (χ2n) is 13.4. The highest BCUT2D eigenvalue weighted by Crippen LogP contribution is 2.36. The van der Waals surface area contributed by atoms with Gasteiger partial charge in [-0.1, -0.05) is 39.7 Å². The number of imide groups is 1. The number of carbonyl (C=O) groups excluding carboxylic acids is 3. The van der Waals surface area contributed by atoms with Gasteiger partial charge >= 0.3 is 18.1 Å². The smallest absolute Gasteiger partial charge is 0.407 e. The monoisotopic (exact) mass is 803 g/mol. The number of carbonyl (C=O) groups is 5. The van der Waals surface area contributed by atoms with Crippen molar-refractivity contribution in [2.45, 2.75) is 38.6 Å². The molecule has 14 nitrogen and oxygen atoms in total. The summed E-state index contributed by atoms with van der Waals surface area (Å²) in [5, 5.41) is 22.3. The van der Waals surface area contributed by atoms with Crippen LogP contribution in [0.2, 0.25) is 5.02 Å². The van der Waals surface area contributed by atoms with Gasteiger partial charge in [0.05, 0.1) is 18.8 Å². The summed E-state index contributed by atoms with van der Waals surface area (Å²) in [4.78, 5) is 73.2. The highest BCUT2D eigenvalue weighted by atomic mass is 79.9. The van der Waals surface area contributed by atoms with Gasteiger partial charge in [0.15, 0.2) is 0 Å². The van der Waals surface area contributed by atoms with Crippen molar-refractivity contribution in [3.05, 3.63) is 70.1 Å². The molecule has 2 aromatic rings. The molecule has 0 aromatic heterocycles. The summed E-state index contributed by atoms with van der Waals surface area (Å²) in [6.45, 7) is 6.41. The summed E-state index contributed by atoms with van der Waals surface area (Å²) >= 11 is 9.76. The first-order chi connectivity index (χ1) is 24.7. The maximum atomic E-state index is 14.0. The van der Waals surface area contributed by atoms with Gasteiger partial charge in [0.25, 0.3) is 5.91 Å². The number of urea groups is 1. The van der Waals surface area contributed by atoms with E-state index in [1.165, 1.54) is 9.80 Å². The van der Waals surface area contributed by atoms with E-state index < -0.39 is 23.6 Å². The lowest BCUT2D eigenvalue weighted by atomic mass is 9.91. The molecule has 2 aliphatic heterocycles. The number of hydrogen-bond donors (Lipinski definition) is 3. The molecule has 0 bridgehead atoms. The fraction of sp³-hybridized carbons (Fsp3) is 0.500. The lowest BCUT2D eigenvalue weighted by Gasteiger charge is -2.32. The van der Waals surface area contributed by atoms with Gasteiger partial charge in [-0.15, -0.1) is 0 Å². The number of nitrogens with zero attached hydrogens (tertiary/aromatic N) is 6. The zero-order valence-corrected chi connectivity index (χ0v) is 31.9. The number of carboxylic acid groups (broad SMARTS) is 2. The predicted octanol–water partition coefficient (Wildman–Crippen LogP) is 3.73. The number of hydrogen-bond acceptors (Lipinski definition) is 8. The number of unbranched alkanes of at least 4 members (excludes halogenated alkanes) is 1. The summed E-state index contributed by atoms with van der Waals surface area (Å²) in [5.74, 6) is -1.57. The molecule has 2 aromatic carbocycles. The van der Waals surface area contributed by atoms with E-state index >= 15 is 0 Å². The lowest BCUT2D eigenvalue weighted by Crippen LogP contribution is -2.49. The minimum absolute atomic E-state index is 0.0326. The molecule has 282 valence electrons. The molecular weight excluding hydrogens is 758 g/mol. The number of benzene rings is 2. The van der Waals surface area contributed by atoms with E-state index in [2.05, 4.69) is 21.2 Å². The Morgan fingerprint density at radius 2 is 1.52 bits per heavy atom. The summed E-state index contributed by atoms with van der Waals surface area (Å²) < 4.78 is 0.905. The van der Waals surface area contributed by atoms with Crippen molar-refractivity contribution in [2.24, 2.45) is 0 Å². The normalized spacial score (nSPS) is 20.1. The molecule has 2 radical (unpaired) electrons. The van der Waals surface area contributed by atoms with Crippen LogP contribution in [0.25, 0.3) is 0 Å². The van der Waals surface area contributed by atoms with Crippen LogP contribution in [0.5, 0.6) is 0 Å². The summed E-state index contributed by atoms with van der Waals surface area (Å²) in [7, 11) is 6.15. The van der Waals surface area contributed by atoms with Crippen molar-refractivity contribution in [2.75, 3.05) is 83.4 Å².